The van der Waals surface area contributed by atoms with E-state index in [4.69, 9.17) is 0 Å². The van der Waals surface area contributed by atoms with Crippen molar-refractivity contribution in [2.24, 2.45) is 0 Å². The van der Waals surface area contributed by atoms with Gasteiger partial charge in [-0.05, 0) is 26.3 Å². The molecule has 0 aliphatic carbocycles. The summed E-state index contributed by atoms with van der Waals surface area (Å²) in [4.78, 5) is 10.6. The van der Waals surface area contributed by atoms with Crippen LogP contribution in [-0.4, -0.2) is 18.4 Å². The molecule has 0 atom stereocenters. The van der Waals surface area contributed by atoms with E-state index in [9.17, 15) is 4.79 Å². The quantitative estimate of drug-likeness (QED) is 0.589. The van der Waals surface area contributed by atoms with Crippen molar-refractivity contribution in [3.05, 3.63) is 0 Å². The smallest absolute Gasteiger partial charge is 0.129 e. The predicted molar refractivity (Wildman–Crippen MR) is 56.9 cm³/mol. The molecule has 2 heteroatoms. The van der Waals surface area contributed by atoms with Crippen molar-refractivity contribution in [1.29, 1.82) is 0 Å². The van der Waals surface area contributed by atoms with Crippen LogP contribution in [0.1, 0.15) is 52.9 Å². The van der Waals surface area contributed by atoms with Crippen LogP contribution in [0.4, 0.5) is 0 Å². The van der Waals surface area contributed by atoms with Gasteiger partial charge in [-0.3, -0.25) is 0 Å². The van der Waals surface area contributed by atoms with E-state index in [1.54, 1.807) is 6.92 Å². The molecule has 0 fully saturated rings. The van der Waals surface area contributed by atoms with Gasteiger partial charge in [0.25, 0.3) is 0 Å². The van der Waals surface area contributed by atoms with Gasteiger partial charge in [-0.25, -0.2) is 0 Å². The Hall–Kier alpha value is -0.370. The van der Waals surface area contributed by atoms with Crippen LogP contribution < -0.4 is 5.32 Å². The van der Waals surface area contributed by atoms with Gasteiger partial charge in [0.1, 0.15) is 5.78 Å². The maximum absolute atomic E-state index is 10.6. The molecule has 13 heavy (non-hydrogen) atoms. The molecular weight excluding hydrogens is 162 g/mol. The van der Waals surface area contributed by atoms with Gasteiger partial charge in [-0.2, -0.15) is 0 Å². The lowest BCUT2D eigenvalue weighted by atomic mass is 10.1. The molecule has 0 radical (unpaired) electrons. The van der Waals surface area contributed by atoms with Crippen LogP contribution in [0.25, 0.3) is 0 Å². The van der Waals surface area contributed by atoms with Crippen molar-refractivity contribution in [2.45, 2.75) is 58.9 Å². The Labute approximate surface area is 82.1 Å². The lowest BCUT2D eigenvalue weighted by Gasteiger charge is -2.06. The summed E-state index contributed by atoms with van der Waals surface area (Å²) in [5, 5.41) is 3.38. The topological polar surface area (TPSA) is 29.1 Å². The maximum Gasteiger partial charge on any atom is 0.129 e. The standard InChI is InChI=1S/C11H23NO/c1-10(2)12-9-7-5-4-6-8-11(3)13/h10,12H,4-9H2,1-3H3. The van der Waals surface area contributed by atoms with Crippen LogP contribution in [0.3, 0.4) is 0 Å². The van der Waals surface area contributed by atoms with E-state index < -0.39 is 0 Å². The first-order valence-corrected chi connectivity index (χ1v) is 5.35. The lowest BCUT2D eigenvalue weighted by Crippen LogP contribution is -2.23. The van der Waals surface area contributed by atoms with E-state index in [1.165, 1.54) is 19.3 Å². The van der Waals surface area contributed by atoms with Crippen molar-refractivity contribution in [2.75, 3.05) is 6.54 Å². The van der Waals surface area contributed by atoms with Crippen molar-refractivity contribution >= 4 is 5.78 Å². The molecule has 0 saturated heterocycles. The molecule has 78 valence electrons. The third-order valence-corrected chi connectivity index (χ3v) is 2.01. The molecular formula is C11H23NO. The Morgan fingerprint density at radius 3 is 2.31 bits per heavy atom. The average molecular weight is 185 g/mol. The van der Waals surface area contributed by atoms with Gasteiger partial charge in [-0.15, -0.1) is 0 Å². The minimum atomic E-state index is 0.320. The molecule has 0 aromatic heterocycles. The fraction of sp³-hybridized carbons (Fsp3) is 0.909. The van der Waals surface area contributed by atoms with Gasteiger partial charge in [0.2, 0.25) is 0 Å². The molecule has 0 saturated carbocycles. The summed E-state index contributed by atoms with van der Waals surface area (Å²) >= 11 is 0. The largest absolute Gasteiger partial charge is 0.315 e. The minimum absolute atomic E-state index is 0.320. The molecule has 0 heterocycles. The zero-order valence-corrected chi connectivity index (χ0v) is 9.23. The number of nitrogens with one attached hydrogen (secondary N) is 1. The Morgan fingerprint density at radius 1 is 1.15 bits per heavy atom. The van der Waals surface area contributed by atoms with Crippen LogP contribution in [0, 0.1) is 0 Å². The third-order valence-electron chi connectivity index (χ3n) is 2.01. The molecule has 0 aliphatic rings. The molecule has 0 aromatic rings. The van der Waals surface area contributed by atoms with E-state index in [0.717, 1.165) is 19.4 Å². The molecule has 0 unspecified atom stereocenters. The summed E-state index contributed by atoms with van der Waals surface area (Å²) in [5.41, 5.74) is 0. The summed E-state index contributed by atoms with van der Waals surface area (Å²) in [6.07, 6.45) is 5.50. The van der Waals surface area contributed by atoms with Gasteiger partial charge in [0.15, 0.2) is 0 Å². The average Bonchev–Trinajstić information content (AvgIpc) is 2.01. The SMILES string of the molecule is CC(=O)CCCCCCNC(C)C. The Morgan fingerprint density at radius 2 is 1.77 bits per heavy atom. The van der Waals surface area contributed by atoms with Crippen LogP contribution in [0.5, 0.6) is 0 Å². The second-order valence-corrected chi connectivity index (χ2v) is 3.98. The highest BCUT2D eigenvalue weighted by atomic mass is 16.1. The van der Waals surface area contributed by atoms with Crippen molar-refractivity contribution in [3.63, 3.8) is 0 Å². The summed E-state index contributed by atoms with van der Waals surface area (Å²) in [6, 6.07) is 0.595. The lowest BCUT2D eigenvalue weighted by molar-refractivity contribution is -0.117. The van der Waals surface area contributed by atoms with Gasteiger partial charge >= 0.3 is 0 Å². The number of carbonyl (C=O) groups is 1. The Balaban J connectivity index is 2.96. The fourth-order valence-corrected chi connectivity index (χ4v) is 1.24. The van der Waals surface area contributed by atoms with Crippen LogP contribution >= 0.6 is 0 Å². The van der Waals surface area contributed by atoms with Crippen molar-refractivity contribution in [3.8, 4) is 0 Å². The van der Waals surface area contributed by atoms with Crippen molar-refractivity contribution < 1.29 is 4.79 Å². The summed E-state index contributed by atoms with van der Waals surface area (Å²) in [5.74, 6) is 0.320. The second kappa shape index (κ2) is 8.24. The van der Waals surface area contributed by atoms with E-state index in [2.05, 4.69) is 19.2 Å². The zero-order valence-electron chi connectivity index (χ0n) is 9.23. The Bertz CT molecular complexity index is 132. The first kappa shape index (κ1) is 12.6. The number of ketones is 1. The molecule has 2 nitrogen and oxygen atoms in total. The maximum atomic E-state index is 10.6. The first-order valence-electron chi connectivity index (χ1n) is 5.35. The molecule has 0 aliphatic heterocycles. The normalized spacial score (nSPS) is 10.8. The van der Waals surface area contributed by atoms with Crippen LogP contribution in [0.15, 0.2) is 0 Å². The summed E-state index contributed by atoms with van der Waals surface area (Å²) in [7, 11) is 0. The van der Waals surface area contributed by atoms with Gasteiger partial charge in [0.05, 0.1) is 0 Å². The van der Waals surface area contributed by atoms with Gasteiger partial charge in [0, 0.05) is 12.5 Å². The van der Waals surface area contributed by atoms with Crippen LogP contribution in [-0.2, 0) is 4.79 Å². The number of unbranched alkanes of at least 4 members (excludes halogenated alkanes) is 3. The second-order valence-electron chi connectivity index (χ2n) is 3.98. The van der Waals surface area contributed by atoms with Gasteiger partial charge < -0.3 is 10.1 Å². The third kappa shape index (κ3) is 11.6. The monoisotopic (exact) mass is 185 g/mol. The summed E-state index contributed by atoms with van der Waals surface area (Å²) < 4.78 is 0. The van der Waals surface area contributed by atoms with E-state index in [1.807, 2.05) is 0 Å². The van der Waals surface area contributed by atoms with E-state index >= 15 is 0 Å². The van der Waals surface area contributed by atoms with Crippen LogP contribution in [0.2, 0.25) is 0 Å². The number of hydrogen-bond acceptors (Lipinski definition) is 2. The number of rotatable bonds is 8. The molecule has 0 aromatic carbocycles. The highest BCUT2D eigenvalue weighted by Gasteiger charge is 1.94. The molecule has 0 rings (SSSR count). The molecule has 0 spiro atoms. The van der Waals surface area contributed by atoms with E-state index in [0.29, 0.717) is 11.8 Å². The predicted octanol–water partition coefficient (Wildman–Crippen LogP) is 2.52. The molecule has 1 N–H and O–H groups in total. The highest BCUT2D eigenvalue weighted by Crippen LogP contribution is 2.02. The van der Waals surface area contributed by atoms with Gasteiger partial charge in [-0.1, -0.05) is 26.7 Å². The zero-order chi connectivity index (χ0) is 10.1. The van der Waals surface area contributed by atoms with Crippen molar-refractivity contribution in [1.82, 2.24) is 5.32 Å². The molecule has 0 amide bonds. The van der Waals surface area contributed by atoms with E-state index in [-0.39, 0.29) is 0 Å². The minimum Gasteiger partial charge on any atom is -0.315 e. The Kier molecular flexibility index (Phi) is 8.00. The highest BCUT2D eigenvalue weighted by molar-refractivity contribution is 5.75. The number of Topliss-reactive ketones (excluding diaryl/α,β-unsaturated/α-hetero) is 1. The number of carbonyl (C=O) groups excluding carboxylic acids is 1. The number of hydrogen-bond donors (Lipinski definition) is 1. The molecule has 0 bridgehead atoms. The fourth-order valence-electron chi connectivity index (χ4n) is 1.24. The summed E-state index contributed by atoms with van der Waals surface area (Å²) in [6.45, 7) is 7.10. The first-order chi connectivity index (χ1) is 6.13.